The van der Waals surface area contributed by atoms with E-state index < -0.39 is 0 Å². The van der Waals surface area contributed by atoms with Crippen LogP contribution in [0.5, 0.6) is 0 Å². The molecule has 3 heterocycles. The van der Waals surface area contributed by atoms with Crippen LogP contribution in [-0.2, 0) is 6.54 Å². The van der Waals surface area contributed by atoms with Gasteiger partial charge in [-0.2, -0.15) is 4.98 Å². The zero-order valence-corrected chi connectivity index (χ0v) is 7.21. The first-order valence-corrected chi connectivity index (χ1v) is 4.23. The Hall–Kier alpha value is -2.04. The van der Waals surface area contributed by atoms with Gasteiger partial charge < -0.3 is 4.57 Å². The van der Waals surface area contributed by atoms with Crippen LogP contribution in [0.15, 0.2) is 28.2 Å². The Bertz CT molecular complexity index is 599. The van der Waals surface area contributed by atoms with Gasteiger partial charge in [0, 0.05) is 18.6 Å². The summed E-state index contributed by atoms with van der Waals surface area (Å²) < 4.78 is 1.89. The van der Waals surface area contributed by atoms with Crippen molar-refractivity contribution < 1.29 is 0 Å². The largest absolute Gasteiger partial charge is 0.304 e. The van der Waals surface area contributed by atoms with Gasteiger partial charge in [-0.15, -0.1) is 0 Å². The van der Waals surface area contributed by atoms with Crippen molar-refractivity contribution >= 4 is 23.1 Å². The molecular weight excluding hydrogens is 180 g/mol. The summed E-state index contributed by atoms with van der Waals surface area (Å²) in [5, 5.41) is 0.543. The molecule has 68 valence electrons. The summed E-state index contributed by atoms with van der Waals surface area (Å²) in [6.07, 6.45) is 4.94. The third-order valence-electron chi connectivity index (χ3n) is 2.23. The first kappa shape index (κ1) is 7.37. The number of hydrogen-bond acceptors (Lipinski definition) is 4. The minimum absolute atomic E-state index is 0.265. The van der Waals surface area contributed by atoms with Crippen LogP contribution < -0.4 is 5.56 Å². The molecule has 0 fully saturated rings. The normalized spacial score (nSPS) is 13.4. The Morgan fingerprint density at radius 1 is 1.43 bits per heavy atom. The van der Waals surface area contributed by atoms with Crippen molar-refractivity contribution in [2.45, 2.75) is 6.54 Å². The molecule has 0 spiro atoms. The van der Waals surface area contributed by atoms with Crippen molar-refractivity contribution in [3.05, 3.63) is 28.8 Å². The van der Waals surface area contributed by atoms with Gasteiger partial charge in [0.05, 0.1) is 17.4 Å². The van der Waals surface area contributed by atoms with E-state index in [2.05, 4.69) is 15.0 Å². The predicted molar refractivity (Wildman–Crippen MR) is 52.0 cm³/mol. The molecule has 5 nitrogen and oxygen atoms in total. The number of aromatic nitrogens is 3. The minimum Gasteiger partial charge on any atom is -0.304 e. The lowest BCUT2D eigenvalue weighted by Gasteiger charge is -2.04. The summed E-state index contributed by atoms with van der Waals surface area (Å²) in [6.45, 7) is 0.670. The second kappa shape index (κ2) is 2.47. The van der Waals surface area contributed by atoms with E-state index in [0.717, 1.165) is 5.52 Å². The molecule has 0 N–H and O–H groups in total. The molecule has 0 aliphatic carbocycles. The molecule has 1 aliphatic heterocycles. The van der Waals surface area contributed by atoms with Crippen LogP contribution in [0.25, 0.3) is 10.9 Å². The van der Waals surface area contributed by atoms with Gasteiger partial charge in [0.25, 0.3) is 5.56 Å². The highest BCUT2D eigenvalue weighted by Gasteiger charge is 2.11. The lowest BCUT2D eigenvalue weighted by atomic mass is 10.3. The zero-order valence-electron chi connectivity index (χ0n) is 7.21. The van der Waals surface area contributed by atoms with Crippen molar-refractivity contribution in [3.8, 4) is 0 Å². The maximum atomic E-state index is 11.5. The van der Waals surface area contributed by atoms with Crippen molar-refractivity contribution in [3.63, 3.8) is 0 Å². The van der Waals surface area contributed by atoms with E-state index >= 15 is 0 Å². The molecule has 3 rings (SSSR count). The maximum absolute atomic E-state index is 11.5. The van der Waals surface area contributed by atoms with Crippen molar-refractivity contribution in [1.82, 2.24) is 14.5 Å². The van der Waals surface area contributed by atoms with Crippen LogP contribution in [0, 0.1) is 0 Å². The zero-order chi connectivity index (χ0) is 9.54. The summed E-state index contributed by atoms with van der Waals surface area (Å²) in [6, 6.07) is 1.80. The predicted octanol–water partition coefficient (Wildman–Crippen LogP) is 0.507. The summed E-state index contributed by atoms with van der Waals surface area (Å²) in [4.78, 5) is 23.3. The van der Waals surface area contributed by atoms with Gasteiger partial charge in [-0.3, -0.25) is 9.78 Å². The fraction of sp³-hybridized carbons (Fsp3) is 0.111. The van der Waals surface area contributed by atoms with E-state index in [1.807, 2.05) is 4.57 Å². The van der Waals surface area contributed by atoms with E-state index in [-0.39, 0.29) is 5.56 Å². The molecule has 0 saturated carbocycles. The number of rotatable bonds is 0. The first-order valence-electron chi connectivity index (χ1n) is 4.23. The summed E-state index contributed by atoms with van der Waals surface area (Å²) >= 11 is 0. The van der Waals surface area contributed by atoms with Gasteiger partial charge in [0.1, 0.15) is 0 Å². The molecule has 14 heavy (non-hydrogen) atoms. The Labute approximate surface area is 78.8 Å². The maximum Gasteiger partial charge on any atom is 0.283 e. The molecule has 0 saturated heterocycles. The molecule has 1 aliphatic rings. The third-order valence-corrected chi connectivity index (χ3v) is 2.23. The molecule has 0 atom stereocenters. The van der Waals surface area contributed by atoms with Crippen LogP contribution in [0.3, 0.4) is 0 Å². The van der Waals surface area contributed by atoms with Gasteiger partial charge in [-0.25, -0.2) is 4.99 Å². The van der Waals surface area contributed by atoms with Crippen molar-refractivity contribution in [1.29, 1.82) is 0 Å². The highest BCUT2D eigenvalue weighted by Crippen LogP contribution is 2.17. The Balaban J connectivity index is 2.57. The molecule has 0 bridgehead atoms. The number of fused-ring (bicyclic) bond motifs is 3. The summed E-state index contributed by atoms with van der Waals surface area (Å²) in [5.41, 5.74) is 0.575. The second-order valence-corrected chi connectivity index (χ2v) is 3.03. The third kappa shape index (κ3) is 0.834. The van der Waals surface area contributed by atoms with Crippen LogP contribution in [0.2, 0.25) is 0 Å². The van der Waals surface area contributed by atoms with Gasteiger partial charge in [0.2, 0.25) is 5.95 Å². The lowest BCUT2D eigenvalue weighted by molar-refractivity contribution is 0.895. The topological polar surface area (TPSA) is 60.1 Å². The minimum atomic E-state index is -0.265. The van der Waals surface area contributed by atoms with Gasteiger partial charge in [-0.05, 0) is 6.07 Å². The summed E-state index contributed by atoms with van der Waals surface area (Å²) in [5.74, 6) is 0.480. The number of hydrogen-bond donors (Lipinski definition) is 0. The number of pyridine rings is 1. The molecule has 5 heteroatoms. The van der Waals surface area contributed by atoms with Gasteiger partial charge in [0.15, 0.2) is 0 Å². The Morgan fingerprint density at radius 3 is 3.29 bits per heavy atom. The van der Waals surface area contributed by atoms with E-state index in [9.17, 15) is 4.79 Å². The molecule has 0 radical (unpaired) electrons. The number of nitrogens with zero attached hydrogens (tertiary/aromatic N) is 4. The van der Waals surface area contributed by atoms with Crippen LogP contribution >= 0.6 is 0 Å². The fourth-order valence-corrected chi connectivity index (χ4v) is 1.59. The van der Waals surface area contributed by atoms with E-state index in [4.69, 9.17) is 0 Å². The monoisotopic (exact) mass is 186 g/mol. The second-order valence-electron chi connectivity index (χ2n) is 3.03. The van der Waals surface area contributed by atoms with Gasteiger partial charge >= 0.3 is 0 Å². The Kier molecular flexibility index (Phi) is 1.30. The molecule has 2 aromatic rings. The quantitative estimate of drug-likeness (QED) is 0.602. The molecular formula is C9H6N4O. The summed E-state index contributed by atoms with van der Waals surface area (Å²) in [7, 11) is 0. The highest BCUT2D eigenvalue weighted by molar-refractivity contribution is 5.81. The van der Waals surface area contributed by atoms with Crippen molar-refractivity contribution in [2.24, 2.45) is 4.99 Å². The Morgan fingerprint density at radius 2 is 2.36 bits per heavy atom. The average Bonchev–Trinajstić information content (AvgIpc) is 2.66. The highest BCUT2D eigenvalue weighted by atomic mass is 16.1. The van der Waals surface area contributed by atoms with Crippen LogP contribution in [0.1, 0.15) is 0 Å². The fourth-order valence-electron chi connectivity index (χ4n) is 1.59. The van der Waals surface area contributed by atoms with E-state index in [1.165, 1.54) is 6.20 Å². The van der Waals surface area contributed by atoms with Crippen LogP contribution in [0.4, 0.5) is 5.95 Å². The van der Waals surface area contributed by atoms with Crippen LogP contribution in [-0.4, -0.2) is 20.7 Å². The van der Waals surface area contributed by atoms with E-state index in [0.29, 0.717) is 17.9 Å². The molecule has 0 amide bonds. The molecule has 0 unspecified atom stereocenters. The lowest BCUT2D eigenvalue weighted by Crippen LogP contribution is -2.11. The number of aliphatic imine (C=N–C) groups is 1. The van der Waals surface area contributed by atoms with Crippen molar-refractivity contribution in [2.75, 3.05) is 0 Å². The standard InChI is InChI=1S/C9H6N4O/c14-8-6-5-10-2-1-7(6)13-4-3-11-9(13)12-8/h1-3,5H,4H2. The average molecular weight is 186 g/mol. The SMILES string of the molecule is O=c1nc2n(c3ccncc13)CC=N2. The first-order chi connectivity index (χ1) is 6.86. The molecule has 0 aromatic carbocycles. The van der Waals surface area contributed by atoms with Gasteiger partial charge in [-0.1, -0.05) is 0 Å². The smallest absolute Gasteiger partial charge is 0.283 e. The van der Waals surface area contributed by atoms with E-state index in [1.54, 1.807) is 18.5 Å². The molecule has 2 aromatic heterocycles.